The van der Waals surface area contributed by atoms with Gasteiger partial charge in [-0.15, -0.1) is 11.3 Å². The molecule has 0 aliphatic carbocycles. The smallest absolute Gasteiger partial charge is 0.151 e. The largest absolute Gasteiger partial charge is 0.399 e. The van der Waals surface area contributed by atoms with Crippen LogP contribution in [-0.2, 0) is 12.8 Å². The minimum Gasteiger partial charge on any atom is -0.399 e. The maximum absolute atomic E-state index is 5.76. The van der Waals surface area contributed by atoms with E-state index in [1.54, 1.807) is 23.1 Å². The van der Waals surface area contributed by atoms with E-state index >= 15 is 0 Å². The highest BCUT2D eigenvalue weighted by molar-refractivity contribution is 8.00. The molecule has 3 rings (SSSR count). The van der Waals surface area contributed by atoms with Gasteiger partial charge in [0.25, 0.3) is 0 Å². The molecule has 6 heteroatoms. The fourth-order valence-electron chi connectivity index (χ4n) is 1.66. The Kier molecular flexibility index (Phi) is 2.97. The molecule has 0 atom stereocenters. The highest BCUT2D eigenvalue weighted by atomic mass is 32.2. The van der Waals surface area contributed by atoms with Gasteiger partial charge in [0.2, 0.25) is 0 Å². The Bertz CT molecular complexity index is 686. The summed E-state index contributed by atoms with van der Waals surface area (Å²) in [5.41, 5.74) is 8.63. The van der Waals surface area contributed by atoms with Gasteiger partial charge in [-0.2, -0.15) is 5.10 Å². The fraction of sp³-hybridized carbons (Fsp3) is 0.167. The molecular weight excluding hydrogens is 264 g/mol. The van der Waals surface area contributed by atoms with Crippen molar-refractivity contribution in [3.8, 4) is 0 Å². The monoisotopic (exact) mass is 276 g/mol. The van der Waals surface area contributed by atoms with Crippen LogP contribution in [0.4, 0.5) is 5.69 Å². The maximum Gasteiger partial charge on any atom is 0.151 e. The van der Waals surface area contributed by atoms with E-state index in [0.717, 1.165) is 31.7 Å². The summed E-state index contributed by atoms with van der Waals surface area (Å²) in [6, 6.07) is 7.84. The summed E-state index contributed by atoms with van der Waals surface area (Å²) in [7, 11) is 1.93. The topological polar surface area (TPSA) is 56.7 Å². The second-order valence-electron chi connectivity index (χ2n) is 3.98. The highest BCUT2D eigenvalue weighted by Gasteiger charge is 2.06. The molecule has 3 aromatic rings. The molecule has 0 aliphatic rings. The lowest BCUT2D eigenvalue weighted by Crippen LogP contribution is -1.89. The molecule has 2 heterocycles. The average molecular weight is 276 g/mol. The van der Waals surface area contributed by atoms with Crippen LogP contribution in [0.5, 0.6) is 0 Å². The number of fused-ring (bicyclic) bond motifs is 1. The predicted molar refractivity (Wildman–Crippen MR) is 76.8 cm³/mol. The fourth-order valence-corrected chi connectivity index (χ4v) is 3.67. The molecule has 2 N–H and O–H groups in total. The Hall–Kier alpha value is -1.53. The van der Waals surface area contributed by atoms with Gasteiger partial charge in [0, 0.05) is 24.7 Å². The van der Waals surface area contributed by atoms with Gasteiger partial charge < -0.3 is 5.73 Å². The number of hydrogen-bond donors (Lipinski definition) is 1. The summed E-state index contributed by atoms with van der Waals surface area (Å²) in [5.74, 6) is 0.843. The molecule has 0 spiro atoms. The van der Waals surface area contributed by atoms with Crippen molar-refractivity contribution in [1.82, 2.24) is 14.8 Å². The third-order valence-electron chi connectivity index (χ3n) is 2.51. The summed E-state index contributed by atoms with van der Waals surface area (Å²) >= 11 is 3.38. The third-order valence-corrected chi connectivity index (χ3v) is 4.70. The van der Waals surface area contributed by atoms with Gasteiger partial charge in [0.1, 0.15) is 0 Å². The quantitative estimate of drug-likeness (QED) is 0.590. The molecule has 0 fully saturated rings. The molecule has 0 bridgehead atoms. The molecule has 4 nitrogen and oxygen atoms in total. The number of aryl methyl sites for hydroxylation is 1. The Labute approximate surface area is 113 Å². The van der Waals surface area contributed by atoms with Crippen LogP contribution in [-0.4, -0.2) is 14.8 Å². The minimum absolute atomic E-state index is 0.785. The molecule has 0 saturated carbocycles. The van der Waals surface area contributed by atoms with Crippen molar-refractivity contribution in [2.75, 3.05) is 5.73 Å². The number of hydrogen-bond acceptors (Lipinski definition) is 5. The third kappa shape index (κ3) is 2.34. The highest BCUT2D eigenvalue weighted by Crippen LogP contribution is 2.32. The lowest BCUT2D eigenvalue weighted by Gasteiger charge is -1.92. The zero-order valence-corrected chi connectivity index (χ0v) is 11.5. The lowest BCUT2D eigenvalue weighted by atomic mass is 10.3. The molecule has 1 aromatic carbocycles. The molecule has 18 heavy (non-hydrogen) atoms. The van der Waals surface area contributed by atoms with Crippen LogP contribution < -0.4 is 5.73 Å². The van der Waals surface area contributed by atoms with Crippen molar-refractivity contribution in [1.29, 1.82) is 0 Å². The van der Waals surface area contributed by atoms with Crippen molar-refractivity contribution in [3.63, 3.8) is 0 Å². The number of nitrogen functional groups attached to an aromatic ring is 1. The Morgan fingerprint density at radius 1 is 1.39 bits per heavy atom. The van der Waals surface area contributed by atoms with Gasteiger partial charge in [-0.25, -0.2) is 4.98 Å². The van der Waals surface area contributed by atoms with Crippen LogP contribution in [0.15, 0.2) is 34.8 Å². The minimum atomic E-state index is 0.785. The summed E-state index contributed by atoms with van der Waals surface area (Å²) in [5, 5.41) is 4.35. The first-order valence-electron chi connectivity index (χ1n) is 5.48. The molecule has 0 radical (unpaired) electrons. The molecule has 0 amide bonds. The van der Waals surface area contributed by atoms with Crippen molar-refractivity contribution in [2.24, 2.45) is 7.05 Å². The number of rotatable bonds is 3. The van der Waals surface area contributed by atoms with Crippen LogP contribution in [0.3, 0.4) is 0 Å². The number of anilines is 1. The molecular formula is C12H12N4S2. The van der Waals surface area contributed by atoms with E-state index in [9.17, 15) is 0 Å². The average Bonchev–Trinajstić information content (AvgIpc) is 2.92. The number of nitrogens with zero attached hydrogens (tertiary/aromatic N) is 3. The van der Waals surface area contributed by atoms with E-state index in [0.29, 0.717) is 0 Å². The molecule has 2 aromatic heterocycles. The van der Waals surface area contributed by atoms with Gasteiger partial charge in [-0.3, -0.25) is 4.68 Å². The standard InChI is InChI=1S/C12H12N4S2/c1-16-5-4-9(15-16)7-17-12-14-10-3-2-8(13)6-11(10)18-12/h2-6H,7,13H2,1H3. The van der Waals surface area contributed by atoms with Crippen molar-refractivity contribution in [3.05, 3.63) is 36.2 Å². The zero-order valence-electron chi connectivity index (χ0n) is 9.83. The second kappa shape index (κ2) is 4.62. The van der Waals surface area contributed by atoms with Crippen LogP contribution in [0.1, 0.15) is 5.69 Å². The number of thioether (sulfide) groups is 1. The van der Waals surface area contributed by atoms with E-state index < -0.39 is 0 Å². The zero-order chi connectivity index (χ0) is 12.5. The van der Waals surface area contributed by atoms with E-state index in [-0.39, 0.29) is 0 Å². The van der Waals surface area contributed by atoms with E-state index in [1.807, 2.05) is 42.2 Å². The summed E-state index contributed by atoms with van der Waals surface area (Å²) < 4.78 is 4.01. The van der Waals surface area contributed by atoms with E-state index in [4.69, 9.17) is 5.73 Å². The van der Waals surface area contributed by atoms with Crippen molar-refractivity contribution in [2.45, 2.75) is 10.1 Å². The first kappa shape index (κ1) is 11.6. The molecule has 0 unspecified atom stereocenters. The Morgan fingerprint density at radius 3 is 3.06 bits per heavy atom. The molecule has 0 saturated heterocycles. The van der Waals surface area contributed by atoms with E-state index in [2.05, 4.69) is 10.1 Å². The van der Waals surface area contributed by atoms with Gasteiger partial charge in [-0.05, 0) is 24.3 Å². The Morgan fingerprint density at radius 2 is 2.28 bits per heavy atom. The normalized spacial score (nSPS) is 11.2. The van der Waals surface area contributed by atoms with Crippen LogP contribution in [0.2, 0.25) is 0 Å². The van der Waals surface area contributed by atoms with Gasteiger partial charge >= 0.3 is 0 Å². The van der Waals surface area contributed by atoms with E-state index in [1.165, 1.54) is 0 Å². The molecule has 92 valence electrons. The number of thiazole rings is 1. The Balaban J connectivity index is 1.78. The SMILES string of the molecule is Cn1ccc(CSc2nc3ccc(N)cc3s2)n1. The summed E-state index contributed by atoms with van der Waals surface area (Å²) in [6.07, 6.45) is 1.95. The first-order chi connectivity index (χ1) is 8.70. The maximum atomic E-state index is 5.76. The van der Waals surface area contributed by atoms with Crippen LogP contribution >= 0.6 is 23.1 Å². The summed E-state index contributed by atoms with van der Waals surface area (Å²) in [6.45, 7) is 0. The lowest BCUT2D eigenvalue weighted by molar-refractivity contribution is 0.755. The van der Waals surface area contributed by atoms with Gasteiger partial charge in [0.15, 0.2) is 4.34 Å². The van der Waals surface area contributed by atoms with Crippen molar-refractivity contribution >= 4 is 39.0 Å². The first-order valence-corrected chi connectivity index (χ1v) is 7.28. The molecule has 0 aliphatic heterocycles. The number of benzene rings is 1. The predicted octanol–water partition coefficient (Wildman–Crippen LogP) is 2.90. The van der Waals surface area contributed by atoms with Gasteiger partial charge in [0.05, 0.1) is 15.9 Å². The van der Waals surface area contributed by atoms with Crippen molar-refractivity contribution < 1.29 is 0 Å². The van der Waals surface area contributed by atoms with Crippen LogP contribution in [0.25, 0.3) is 10.2 Å². The second-order valence-corrected chi connectivity index (χ2v) is 6.23. The summed E-state index contributed by atoms with van der Waals surface area (Å²) in [4.78, 5) is 4.57. The number of nitrogens with two attached hydrogens (primary N) is 1. The van der Waals surface area contributed by atoms with Gasteiger partial charge in [-0.1, -0.05) is 11.8 Å². The number of aromatic nitrogens is 3. The van der Waals surface area contributed by atoms with Crippen LogP contribution in [0, 0.1) is 0 Å².